The molecule has 0 aliphatic heterocycles. The Kier molecular flexibility index (Phi) is 40.8. The van der Waals surface area contributed by atoms with Crippen LogP contribution in [-0.4, -0.2) is 151 Å². The van der Waals surface area contributed by atoms with Gasteiger partial charge in [-0.2, -0.15) is 0 Å². The highest BCUT2D eigenvalue weighted by Gasteiger charge is 2.30. The largest absolute Gasteiger partial charge is 0.481 e. The number of nitrogens with one attached hydrogen (secondary N) is 5. The van der Waals surface area contributed by atoms with Gasteiger partial charge in [0.05, 0.1) is 39.6 Å². The standard InChI is InChI=1S/C50H86IN5O16/c51-42(57)36-71-33-31-69-29-27-52-45(60)37-72-34-32-70-30-28-53-49(66)40(24-26-47(63)64)55-44(59)25-23-41(50(67)68)56-48(65)39-21-19-38(20-22-39)35-54-43(58)17-15-13-11-9-7-5-3-1-2-4-6-8-10-12-14-16-18-46(61)62/h38-41H,1-37H2,(H,52,60)(H,53,66)(H,54,58)(H,55,59)(H,56,65)(H,61,62)(H,63,64)(H,67,68)/t38?,39?,40-,41-/m0/s1. The van der Waals surface area contributed by atoms with Gasteiger partial charge in [-0.25, -0.2) is 4.79 Å². The van der Waals surface area contributed by atoms with E-state index in [0.29, 0.717) is 38.6 Å². The number of hydrogen-bond donors (Lipinski definition) is 8. The fourth-order valence-corrected chi connectivity index (χ4v) is 8.30. The molecule has 72 heavy (non-hydrogen) atoms. The number of halogens is 1. The molecule has 1 rings (SSSR count). The lowest BCUT2D eigenvalue weighted by Gasteiger charge is -2.28. The molecule has 0 aromatic rings. The Morgan fingerprint density at radius 3 is 1.44 bits per heavy atom. The number of rotatable bonds is 48. The average Bonchev–Trinajstić information content (AvgIpc) is 3.34. The van der Waals surface area contributed by atoms with Crippen molar-refractivity contribution in [3.63, 3.8) is 0 Å². The normalized spacial score (nSPS) is 15.2. The zero-order chi connectivity index (χ0) is 53.0. The lowest BCUT2D eigenvalue weighted by atomic mass is 9.81. The summed E-state index contributed by atoms with van der Waals surface area (Å²) < 4.78 is 20.9. The molecular formula is C50H86IN5O16. The Bertz CT molecular complexity index is 1570. The minimum absolute atomic E-state index is 0.0134. The summed E-state index contributed by atoms with van der Waals surface area (Å²) in [6.45, 7) is 1.70. The van der Waals surface area contributed by atoms with Crippen LogP contribution in [0.5, 0.6) is 0 Å². The van der Waals surface area contributed by atoms with Crippen LogP contribution in [0, 0.1) is 11.8 Å². The van der Waals surface area contributed by atoms with Crippen LogP contribution in [0.25, 0.3) is 0 Å². The summed E-state index contributed by atoms with van der Waals surface area (Å²) in [4.78, 5) is 108. The fourth-order valence-electron chi connectivity index (χ4n) is 8.08. The third-order valence-corrected chi connectivity index (χ3v) is 12.5. The van der Waals surface area contributed by atoms with Crippen molar-refractivity contribution < 1.29 is 77.4 Å². The molecule has 1 saturated carbocycles. The SMILES string of the molecule is O=C(O)CCCCCCCCCCCCCCCCCCC(=O)NCC1CCC(C(=O)N[C@@H](CCC(=O)N[C@@H](CCC(=O)O)C(=O)NCCOCCOCC(=O)NCCOCCOCC(=O)I)C(=O)O)CC1. The summed E-state index contributed by atoms with van der Waals surface area (Å²) in [7, 11) is 0. The highest BCUT2D eigenvalue weighted by Crippen LogP contribution is 2.29. The molecule has 0 spiro atoms. The molecule has 2 atom stereocenters. The predicted molar refractivity (Wildman–Crippen MR) is 275 cm³/mol. The molecule has 8 N–H and O–H groups in total. The summed E-state index contributed by atoms with van der Waals surface area (Å²) in [5.41, 5.74) is 0. The highest BCUT2D eigenvalue weighted by molar-refractivity contribution is 14.1. The van der Waals surface area contributed by atoms with E-state index in [9.17, 15) is 53.4 Å². The Labute approximate surface area is 439 Å². The maximum absolute atomic E-state index is 13.1. The van der Waals surface area contributed by atoms with Gasteiger partial charge in [-0.15, -0.1) is 0 Å². The first-order chi connectivity index (χ1) is 34.7. The number of carbonyl (C=O) groups is 9. The number of amides is 5. The molecule has 1 aliphatic rings. The first kappa shape index (κ1) is 66.0. The zero-order valence-electron chi connectivity index (χ0n) is 42.5. The van der Waals surface area contributed by atoms with E-state index in [1.165, 1.54) is 64.2 Å². The van der Waals surface area contributed by atoms with E-state index in [0.717, 1.165) is 38.5 Å². The zero-order valence-corrected chi connectivity index (χ0v) is 44.7. The number of aliphatic carboxylic acids is 3. The summed E-state index contributed by atoms with van der Waals surface area (Å²) in [5.74, 6) is -5.47. The van der Waals surface area contributed by atoms with Gasteiger partial charge in [-0.05, 0) is 57.3 Å². The molecule has 21 nitrogen and oxygen atoms in total. The van der Waals surface area contributed by atoms with Crippen LogP contribution in [0.2, 0.25) is 0 Å². The maximum Gasteiger partial charge on any atom is 0.326 e. The minimum atomic E-state index is -1.36. The summed E-state index contributed by atoms with van der Waals surface area (Å²) >= 11 is 1.63. The lowest BCUT2D eigenvalue weighted by Crippen LogP contribution is -2.48. The van der Waals surface area contributed by atoms with E-state index < -0.39 is 60.1 Å². The van der Waals surface area contributed by atoms with Crippen LogP contribution in [0.15, 0.2) is 0 Å². The molecule has 5 amide bonds. The first-order valence-corrected chi connectivity index (χ1v) is 27.3. The number of carboxylic acids is 3. The second-order valence-corrected chi connectivity index (χ2v) is 19.6. The Morgan fingerprint density at radius 1 is 0.458 bits per heavy atom. The van der Waals surface area contributed by atoms with Crippen molar-refractivity contribution in [3.05, 3.63) is 0 Å². The molecule has 0 aromatic carbocycles. The Balaban J connectivity index is 2.20. The molecule has 1 fully saturated rings. The van der Waals surface area contributed by atoms with Gasteiger partial charge in [0, 0.05) is 73.8 Å². The molecular weight excluding hydrogens is 1050 g/mol. The third-order valence-electron chi connectivity index (χ3n) is 12.2. The predicted octanol–water partition coefficient (Wildman–Crippen LogP) is 4.98. The van der Waals surface area contributed by atoms with Crippen molar-refractivity contribution in [2.24, 2.45) is 11.8 Å². The van der Waals surface area contributed by atoms with Gasteiger partial charge in [0.2, 0.25) is 33.3 Å². The van der Waals surface area contributed by atoms with E-state index in [1.54, 1.807) is 22.6 Å². The van der Waals surface area contributed by atoms with Gasteiger partial charge in [0.25, 0.3) is 0 Å². The van der Waals surface area contributed by atoms with E-state index >= 15 is 0 Å². The van der Waals surface area contributed by atoms with Gasteiger partial charge < -0.3 is 60.9 Å². The van der Waals surface area contributed by atoms with E-state index in [-0.39, 0.29) is 113 Å². The molecule has 0 radical (unpaired) electrons. The summed E-state index contributed by atoms with van der Waals surface area (Å²) in [6.07, 6.45) is 20.5. The van der Waals surface area contributed by atoms with Gasteiger partial charge in [0.1, 0.15) is 25.3 Å². The van der Waals surface area contributed by atoms with Crippen molar-refractivity contribution >= 4 is 73.8 Å². The van der Waals surface area contributed by atoms with Crippen LogP contribution >= 0.6 is 22.6 Å². The second-order valence-electron chi connectivity index (χ2n) is 18.4. The highest BCUT2D eigenvalue weighted by atomic mass is 127. The quantitative estimate of drug-likeness (QED) is 0.0226. The molecule has 0 bridgehead atoms. The van der Waals surface area contributed by atoms with Gasteiger partial charge >= 0.3 is 17.9 Å². The maximum atomic E-state index is 13.1. The van der Waals surface area contributed by atoms with E-state index in [1.807, 2.05) is 0 Å². The van der Waals surface area contributed by atoms with Crippen molar-refractivity contribution in [1.29, 1.82) is 0 Å². The number of carboxylic acid groups (broad SMARTS) is 3. The Hall–Kier alpha value is -4.00. The number of hydrogen-bond acceptors (Lipinski definition) is 13. The fraction of sp³-hybridized carbons (Fsp3) is 0.820. The van der Waals surface area contributed by atoms with Crippen molar-refractivity contribution in [1.82, 2.24) is 26.6 Å². The van der Waals surface area contributed by atoms with Crippen molar-refractivity contribution in [2.75, 3.05) is 72.5 Å². The number of ether oxygens (including phenoxy) is 4. The molecule has 22 heteroatoms. The summed E-state index contributed by atoms with van der Waals surface area (Å²) in [5, 5.41) is 41.0. The molecule has 0 unspecified atom stereocenters. The third kappa shape index (κ3) is 39.5. The van der Waals surface area contributed by atoms with E-state index in [4.69, 9.17) is 24.1 Å². The number of carbonyl (C=O) groups excluding carboxylic acids is 6. The smallest absolute Gasteiger partial charge is 0.326 e. The van der Waals surface area contributed by atoms with Crippen LogP contribution in [0.4, 0.5) is 0 Å². The topological polar surface area (TPSA) is 311 Å². The van der Waals surface area contributed by atoms with Crippen LogP contribution < -0.4 is 26.6 Å². The van der Waals surface area contributed by atoms with Gasteiger partial charge in [0.15, 0.2) is 0 Å². The molecule has 414 valence electrons. The van der Waals surface area contributed by atoms with Crippen LogP contribution in [-0.2, 0) is 62.1 Å². The van der Waals surface area contributed by atoms with Crippen LogP contribution in [0.1, 0.15) is 167 Å². The first-order valence-electron chi connectivity index (χ1n) is 26.2. The minimum Gasteiger partial charge on any atom is -0.481 e. The van der Waals surface area contributed by atoms with Gasteiger partial charge in [-0.1, -0.05) is 89.9 Å². The Morgan fingerprint density at radius 2 is 0.931 bits per heavy atom. The molecule has 1 aliphatic carbocycles. The van der Waals surface area contributed by atoms with E-state index in [2.05, 4.69) is 26.6 Å². The monoisotopic (exact) mass is 1140 g/mol. The van der Waals surface area contributed by atoms with Gasteiger partial charge in [-0.3, -0.25) is 38.4 Å². The number of unbranched alkanes of at least 4 members (excludes halogenated alkanes) is 15. The second kappa shape index (κ2) is 44.5. The molecule has 0 heterocycles. The van der Waals surface area contributed by atoms with Crippen molar-refractivity contribution in [2.45, 2.75) is 179 Å². The lowest BCUT2D eigenvalue weighted by molar-refractivity contribution is -0.143. The molecule has 0 aromatic heterocycles. The van der Waals surface area contributed by atoms with Crippen LogP contribution in [0.3, 0.4) is 0 Å². The van der Waals surface area contributed by atoms with Crippen molar-refractivity contribution in [3.8, 4) is 0 Å². The molecule has 0 saturated heterocycles. The summed E-state index contributed by atoms with van der Waals surface area (Å²) in [6, 6.07) is -2.58. The average molecular weight is 1140 g/mol.